The van der Waals surface area contributed by atoms with E-state index in [-0.39, 0.29) is 5.91 Å². The molecule has 0 saturated heterocycles. The Bertz CT molecular complexity index is 934. The summed E-state index contributed by atoms with van der Waals surface area (Å²) in [5, 5.41) is 4.79. The number of rotatable bonds is 4. The number of carbonyl (C=O) groups excluding carboxylic acids is 2. The van der Waals surface area contributed by atoms with E-state index in [1.807, 2.05) is 42.5 Å². The van der Waals surface area contributed by atoms with Crippen LogP contribution in [0.3, 0.4) is 0 Å². The van der Waals surface area contributed by atoms with E-state index in [4.69, 9.17) is 4.74 Å². The quantitative estimate of drug-likeness (QED) is 0.644. The zero-order chi connectivity index (χ0) is 17.8. The van der Waals surface area contributed by atoms with Crippen molar-refractivity contribution in [3.63, 3.8) is 0 Å². The lowest BCUT2D eigenvalue weighted by Crippen LogP contribution is -2.30. The summed E-state index contributed by atoms with van der Waals surface area (Å²) in [6, 6.07) is 20.4. The van der Waals surface area contributed by atoms with Crippen molar-refractivity contribution in [2.75, 3.05) is 5.32 Å². The van der Waals surface area contributed by atoms with Gasteiger partial charge < -0.3 is 10.1 Å². The number of hydrogen-bond acceptors (Lipinski definition) is 3. The Kier molecular flexibility index (Phi) is 5.14. The molecule has 0 aliphatic heterocycles. The van der Waals surface area contributed by atoms with E-state index in [2.05, 4.69) is 21.2 Å². The van der Waals surface area contributed by atoms with Gasteiger partial charge in [-0.25, -0.2) is 4.79 Å². The summed E-state index contributed by atoms with van der Waals surface area (Å²) in [6.45, 7) is 1.55. The average Bonchev–Trinajstić information content (AvgIpc) is 2.62. The van der Waals surface area contributed by atoms with Crippen LogP contribution in [0.25, 0.3) is 10.8 Å². The first-order valence-electron chi connectivity index (χ1n) is 7.80. The van der Waals surface area contributed by atoms with Gasteiger partial charge in [-0.2, -0.15) is 0 Å². The van der Waals surface area contributed by atoms with E-state index in [0.717, 1.165) is 10.8 Å². The van der Waals surface area contributed by atoms with Gasteiger partial charge in [0.15, 0.2) is 6.10 Å². The molecule has 0 fully saturated rings. The molecule has 1 unspecified atom stereocenters. The molecule has 4 nitrogen and oxygen atoms in total. The standard InChI is InChI=1S/C20H16BrNO3/c1-13(25-20(24)16-10-4-5-11-17(16)21)19(23)22-18-12-6-8-14-7-2-3-9-15(14)18/h2-13H,1H3,(H,22,23). The van der Waals surface area contributed by atoms with Gasteiger partial charge in [-0.1, -0.05) is 48.5 Å². The molecule has 0 saturated carbocycles. The molecule has 0 aliphatic rings. The number of hydrogen-bond donors (Lipinski definition) is 1. The van der Waals surface area contributed by atoms with E-state index in [1.54, 1.807) is 31.2 Å². The zero-order valence-electron chi connectivity index (χ0n) is 13.5. The van der Waals surface area contributed by atoms with Gasteiger partial charge in [0.2, 0.25) is 0 Å². The van der Waals surface area contributed by atoms with Gasteiger partial charge in [0, 0.05) is 15.5 Å². The van der Waals surface area contributed by atoms with Crippen LogP contribution in [0.2, 0.25) is 0 Å². The van der Waals surface area contributed by atoms with Gasteiger partial charge in [-0.05, 0) is 46.4 Å². The number of halogens is 1. The fourth-order valence-electron chi connectivity index (χ4n) is 2.47. The number of ether oxygens (including phenoxy) is 1. The van der Waals surface area contributed by atoms with Crippen molar-refractivity contribution < 1.29 is 14.3 Å². The average molecular weight is 398 g/mol. The summed E-state index contributed by atoms with van der Waals surface area (Å²) in [6.07, 6.45) is -0.918. The van der Waals surface area contributed by atoms with Crippen LogP contribution in [0.4, 0.5) is 5.69 Å². The van der Waals surface area contributed by atoms with Gasteiger partial charge >= 0.3 is 5.97 Å². The van der Waals surface area contributed by atoms with Crippen molar-refractivity contribution in [1.29, 1.82) is 0 Å². The maximum absolute atomic E-state index is 12.4. The highest BCUT2D eigenvalue weighted by atomic mass is 79.9. The molecule has 0 bridgehead atoms. The molecule has 1 amide bonds. The number of anilines is 1. The fraction of sp³-hybridized carbons (Fsp3) is 0.100. The highest BCUT2D eigenvalue weighted by molar-refractivity contribution is 9.10. The largest absolute Gasteiger partial charge is 0.449 e. The monoisotopic (exact) mass is 397 g/mol. The lowest BCUT2D eigenvalue weighted by molar-refractivity contribution is -0.123. The Labute approximate surface area is 153 Å². The molecule has 0 radical (unpaired) electrons. The second-order valence-corrected chi connectivity index (χ2v) is 6.40. The Hall–Kier alpha value is -2.66. The van der Waals surface area contributed by atoms with Crippen molar-refractivity contribution in [2.24, 2.45) is 0 Å². The molecule has 3 rings (SSSR count). The van der Waals surface area contributed by atoms with E-state index < -0.39 is 12.1 Å². The summed E-state index contributed by atoms with van der Waals surface area (Å²) in [4.78, 5) is 24.6. The normalized spacial score (nSPS) is 11.8. The van der Waals surface area contributed by atoms with E-state index >= 15 is 0 Å². The molecule has 0 spiro atoms. The first kappa shape index (κ1) is 17.2. The van der Waals surface area contributed by atoms with Gasteiger partial charge in [0.1, 0.15) is 0 Å². The fourth-order valence-corrected chi connectivity index (χ4v) is 2.92. The zero-order valence-corrected chi connectivity index (χ0v) is 15.1. The van der Waals surface area contributed by atoms with Crippen LogP contribution in [0.15, 0.2) is 71.2 Å². The molecule has 126 valence electrons. The van der Waals surface area contributed by atoms with Gasteiger partial charge in [-0.3, -0.25) is 4.79 Å². The minimum Gasteiger partial charge on any atom is -0.449 e. The van der Waals surface area contributed by atoms with Crippen molar-refractivity contribution in [1.82, 2.24) is 0 Å². The van der Waals surface area contributed by atoms with Crippen LogP contribution in [0, 0.1) is 0 Å². The minimum atomic E-state index is -0.918. The van der Waals surface area contributed by atoms with Crippen LogP contribution in [0.5, 0.6) is 0 Å². The van der Waals surface area contributed by atoms with Crippen molar-refractivity contribution >= 4 is 44.3 Å². The Balaban J connectivity index is 1.72. The molecule has 0 aliphatic carbocycles. The van der Waals surface area contributed by atoms with E-state index in [1.165, 1.54) is 0 Å². The summed E-state index contributed by atoms with van der Waals surface area (Å²) in [7, 11) is 0. The second kappa shape index (κ2) is 7.49. The lowest BCUT2D eigenvalue weighted by Gasteiger charge is -2.15. The summed E-state index contributed by atoms with van der Waals surface area (Å²) in [5.74, 6) is -0.926. The lowest BCUT2D eigenvalue weighted by atomic mass is 10.1. The number of esters is 1. The van der Waals surface area contributed by atoms with Crippen LogP contribution in [0.1, 0.15) is 17.3 Å². The first-order valence-corrected chi connectivity index (χ1v) is 8.59. The molecule has 0 heterocycles. The number of carbonyl (C=O) groups is 2. The van der Waals surface area contributed by atoms with E-state index in [9.17, 15) is 9.59 Å². The Morgan fingerprint density at radius 3 is 2.44 bits per heavy atom. The maximum Gasteiger partial charge on any atom is 0.340 e. The minimum absolute atomic E-state index is 0.378. The predicted octanol–water partition coefficient (Wildman–Crippen LogP) is 4.79. The van der Waals surface area contributed by atoms with Gasteiger partial charge in [-0.15, -0.1) is 0 Å². The molecule has 0 aromatic heterocycles. The molecule has 1 atom stereocenters. The van der Waals surface area contributed by atoms with Crippen molar-refractivity contribution in [3.05, 3.63) is 76.8 Å². The number of benzene rings is 3. The first-order chi connectivity index (χ1) is 12.1. The van der Waals surface area contributed by atoms with Crippen LogP contribution in [-0.2, 0) is 9.53 Å². The summed E-state index contributed by atoms with van der Waals surface area (Å²) < 4.78 is 5.91. The Morgan fingerprint density at radius 2 is 1.64 bits per heavy atom. The summed E-state index contributed by atoms with van der Waals surface area (Å²) in [5.41, 5.74) is 1.07. The second-order valence-electron chi connectivity index (χ2n) is 5.54. The van der Waals surface area contributed by atoms with Crippen LogP contribution < -0.4 is 5.32 Å². The van der Waals surface area contributed by atoms with E-state index in [0.29, 0.717) is 15.7 Å². The highest BCUT2D eigenvalue weighted by Gasteiger charge is 2.20. The number of amides is 1. The molecule has 3 aromatic carbocycles. The van der Waals surface area contributed by atoms with Crippen molar-refractivity contribution in [2.45, 2.75) is 13.0 Å². The molecular weight excluding hydrogens is 382 g/mol. The molecular formula is C20H16BrNO3. The predicted molar refractivity (Wildman–Crippen MR) is 102 cm³/mol. The third-order valence-electron chi connectivity index (χ3n) is 3.79. The number of fused-ring (bicyclic) bond motifs is 1. The smallest absolute Gasteiger partial charge is 0.340 e. The Morgan fingerprint density at radius 1 is 0.960 bits per heavy atom. The van der Waals surface area contributed by atoms with Crippen molar-refractivity contribution in [3.8, 4) is 0 Å². The highest BCUT2D eigenvalue weighted by Crippen LogP contribution is 2.23. The topological polar surface area (TPSA) is 55.4 Å². The third kappa shape index (κ3) is 3.88. The summed E-state index contributed by atoms with van der Waals surface area (Å²) >= 11 is 3.30. The van der Waals surface area contributed by atoms with Gasteiger partial charge in [0.25, 0.3) is 5.91 Å². The molecule has 1 N–H and O–H groups in total. The van der Waals surface area contributed by atoms with Gasteiger partial charge in [0.05, 0.1) is 5.56 Å². The molecule has 3 aromatic rings. The maximum atomic E-state index is 12.4. The molecule has 25 heavy (non-hydrogen) atoms. The third-order valence-corrected chi connectivity index (χ3v) is 4.49. The SMILES string of the molecule is CC(OC(=O)c1ccccc1Br)C(=O)Nc1cccc2ccccc12. The molecule has 5 heteroatoms. The number of nitrogens with one attached hydrogen (secondary N) is 1. The van der Waals surface area contributed by atoms with Crippen LogP contribution in [-0.4, -0.2) is 18.0 Å². The van der Waals surface area contributed by atoms with Crippen LogP contribution >= 0.6 is 15.9 Å².